The van der Waals surface area contributed by atoms with Crippen molar-refractivity contribution in [1.82, 2.24) is 5.32 Å². The van der Waals surface area contributed by atoms with Crippen LogP contribution in [-0.2, 0) is 0 Å². The van der Waals surface area contributed by atoms with Gasteiger partial charge in [-0.1, -0.05) is 45.2 Å². The first-order valence-electron chi connectivity index (χ1n) is 5.71. The summed E-state index contributed by atoms with van der Waals surface area (Å²) >= 11 is 0. The fraction of sp³-hybridized carbons (Fsp3) is 0.429. The molecule has 0 radical (unpaired) electrons. The summed E-state index contributed by atoms with van der Waals surface area (Å²) in [6.07, 6.45) is 9.33. The first kappa shape index (κ1) is 14.7. The molecule has 0 aromatic rings. The highest BCUT2D eigenvalue weighted by atomic mass is 14.9. The van der Waals surface area contributed by atoms with Gasteiger partial charge in [-0.05, 0) is 30.5 Å². The summed E-state index contributed by atoms with van der Waals surface area (Å²) in [5.74, 6) is 1.08. The van der Waals surface area contributed by atoms with Crippen molar-refractivity contribution < 1.29 is 0 Å². The lowest BCUT2D eigenvalue weighted by Crippen LogP contribution is -2.31. The molecule has 2 nitrogen and oxygen atoms in total. The highest BCUT2D eigenvalue weighted by Crippen LogP contribution is 2.08. The van der Waals surface area contributed by atoms with Gasteiger partial charge in [0.15, 0.2) is 0 Å². The summed E-state index contributed by atoms with van der Waals surface area (Å²) in [5, 5.41) is 3.36. The van der Waals surface area contributed by atoms with Crippen molar-refractivity contribution in [3.63, 3.8) is 0 Å². The topological polar surface area (TPSA) is 38.0 Å². The molecule has 0 heterocycles. The molecular weight excluding hydrogens is 196 g/mol. The molecular formula is C14H24N2. The van der Waals surface area contributed by atoms with E-state index in [9.17, 15) is 0 Å². The Hall–Kier alpha value is -1.28. The van der Waals surface area contributed by atoms with Crippen molar-refractivity contribution in [2.75, 3.05) is 13.1 Å². The summed E-state index contributed by atoms with van der Waals surface area (Å²) in [6, 6.07) is 0. The molecule has 0 rings (SSSR count). The molecule has 90 valence electrons. The molecule has 1 atom stereocenters. The summed E-state index contributed by atoms with van der Waals surface area (Å²) < 4.78 is 0. The third kappa shape index (κ3) is 6.25. The molecule has 0 aliphatic rings. The van der Waals surface area contributed by atoms with Gasteiger partial charge in [-0.2, -0.15) is 0 Å². The van der Waals surface area contributed by atoms with Gasteiger partial charge in [0, 0.05) is 12.2 Å². The maximum atomic E-state index is 5.72. The van der Waals surface area contributed by atoms with Gasteiger partial charge in [-0.25, -0.2) is 0 Å². The zero-order valence-electron chi connectivity index (χ0n) is 10.4. The fourth-order valence-electron chi connectivity index (χ4n) is 1.31. The number of nitrogens with one attached hydrogen (secondary N) is 1. The largest absolute Gasteiger partial charge is 0.385 e. The average molecular weight is 220 g/mol. The number of allylic oxidation sites excluding steroid dienone is 5. The molecule has 16 heavy (non-hydrogen) atoms. The Morgan fingerprint density at radius 2 is 2.00 bits per heavy atom. The predicted molar refractivity (Wildman–Crippen MR) is 73.0 cm³/mol. The summed E-state index contributed by atoms with van der Waals surface area (Å²) in [6.45, 7) is 13.3. The van der Waals surface area contributed by atoms with Gasteiger partial charge in [-0.15, -0.1) is 0 Å². The standard InChI is InChI=1S/C14H24N2/c1-5-7-9-14(8-6-2)16-11-13(10-15)12(3)4/h5-9,12-13,16H,1-2,10-11,15H2,3-4H3/b9-7-,14-8+. The van der Waals surface area contributed by atoms with Crippen LogP contribution >= 0.6 is 0 Å². The average Bonchev–Trinajstić information content (AvgIpc) is 2.26. The maximum absolute atomic E-state index is 5.72. The van der Waals surface area contributed by atoms with Crippen LogP contribution < -0.4 is 11.1 Å². The van der Waals surface area contributed by atoms with Gasteiger partial charge in [0.2, 0.25) is 0 Å². The minimum absolute atomic E-state index is 0.491. The molecule has 0 fully saturated rings. The fourth-order valence-corrected chi connectivity index (χ4v) is 1.31. The monoisotopic (exact) mass is 220 g/mol. The Balaban J connectivity index is 4.31. The van der Waals surface area contributed by atoms with E-state index in [4.69, 9.17) is 5.73 Å². The lowest BCUT2D eigenvalue weighted by Gasteiger charge is -2.20. The van der Waals surface area contributed by atoms with Crippen LogP contribution in [0.15, 0.2) is 49.2 Å². The van der Waals surface area contributed by atoms with E-state index in [1.54, 1.807) is 12.2 Å². The van der Waals surface area contributed by atoms with E-state index in [0.29, 0.717) is 18.4 Å². The predicted octanol–water partition coefficient (Wildman–Crippen LogP) is 2.62. The number of hydrogen-bond acceptors (Lipinski definition) is 2. The molecule has 0 aliphatic carbocycles. The smallest absolute Gasteiger partial charge is 0.0340 e. The quantitative estimate of drug-likeness (QED) is 0.617. The highest BCUT2D eigenvalue weighted by Gasteiger charge is 2.10. The van der Waals surface area contributed by atoms with Gasteiger partial charge in [0.05, 0.1) is 0 Å². The van der Waals surface area contributed by atoms with Crippen LogP contribution in [0.5, 0.6) is 0 Å². The minimum Gasteiger partial charge on any atom is -0.385 e. The van der Waals surface area contributed by atoms with Gasteiger partial charge in [0.1, 0.15) is 0 Å². The molecule has 0 aromatic carbocycles. The lowest BCUT2D eigenvalue weighted by molar-refractivity contribution is 0.384. The van der Waals surface area contributed by atoms with Gasteiger partial charge in [-0.3, -0.25) is 0 Å². The second kappa shape index (κ2) is 8.98. The SMILES string of the molecule is C=C/C=C\C(=C/C=C)NCC(CN)C(C)C. The highest BCUT2D eigenvalue weighted by molar-refractivity contribution is 5.23. The van der Waals surface area contributed by atoms with E-state index in [0.717, 1.165) is 12.2 Å². The van der Waals surface area contributed by atoms with Crippen molar-refractivity contribution >= 4 is 0 Å². The third-order valence-corrected chi connectivity index (χ3v) is 2.52. The van der Waals surface area contributed by atoms with Gasteiger partial charge >= 0.3 is 0 Å². The normalized spacial score (nSPS) is 14.1. The van der Waals surface area contributed by atoms with Gasteiger partial charge in [0.25, 0.3) is 0 Å². The van der Waals surface area contributed by atoms with Crippen molar-refractivity contribution in [1.29, 1.82) is 0 Å². The Bertz CT molecular complexity index is 262. The van der Waals surface area contributed by atoms with E-state index in [-0.39, 0.29) is 0 Å². The van der Waals surface area contributed by atoms with E-state index in [1.165, 1.54) is 0 Å². The van der Waals surface area contributed by atoms with E-state index < -0.39 is 0 Å². The molecule has 0 bridgehead atoms. The number of hydrogen-bond donors (Lipinski definition) is 2. The molecule has 1 unspecified atom stereocenters. The molecule has 2 heteroatoms. The van der Waals surface area contributed by atoms with Crippen LogP contribution in [0, 0.1) is 11.8 Å². The molecule has 0 amide bonds. The minimum atomic E-state index is 0.491. The van der Waals surface area contributed by atoms with Crippen LogP contribution in [0.25, 0.3) is 0 Å². The molecule has 0 aliphatic heterocycles. The lowest BCUT2D eigenvalue weighted by atomic mass is 9.96. The zero-order chi connectivity index (χ0) is 12.4. The van der Waals surface area contributed by atoms with Crippen LogP contribution in [-0.4, -0.2) is 13.1 Å². The molecule has 0 aromatic heterocycles. The van der Waals surface area contributed by atoms with Crippen LogP contribution in [0.4, 0.5) is 0 Å². The zero-order valence-corrected chi connectivity index (χ0v) is 10.4. The summed E-state index contributed by atoms with van der Waals surface area (Å²) in [7, 11) is 0. The van der Waals surface area contributed by atoms with E-state index in [2.05, 4.69) is 32.3 Å². The first-order valence-corrected chi connectivity index (χ1v) is 5.71. The second-order valence-corrected chi connectivity index (χ2v) is 4.07. The van der Waals surface area contributed by atoms with Crippen LogP contribution in [0.1, 0.15) is 13.8 Å². The van der Waals surface area contributed by atoms with Crippen LogP contribution in [0.2, 0.25) is 0 Å². The third-order valence-electron chi connectivity index (χ3n) is 2.52. The Morgan fingerprint density at radius 3 is 2.44 bits per heavy atom. The number of nitrogens with two attached hydrogens (primary N) is 1. The van der Waals surface area contributed by atoms with E-state index in [1.807, 2.05) is 18.2 Å². The summed E-state index contributed by atoms with van der Waals surface area (Å²) in [5.41, 5.74) is 6.76. The Labute approximate surface area is 99.6 Å². The molecule has 0 saturated carbocycles. The van der Waals surface area contributed by atoms with Crippen molar-refractivity contribution in [2.24, 2.45) is 17.6 Å². The Kier molecular flexibility index (Phi) is 8.26. The summed E-state index contributed by atoms with van der Waals surface area (Å²) in [4.78, 5) is 0. The Morgan fingerprint density at radius 1 is 1.31 bits per heavy atom. The van der Waals surface area contributed by atoms with Crippen molar-refractivity contribution in [2.45, 2.75) is 13.8 Å². The molecule has 3 N–H and O–H groups in total. The van der Waals surface area contributed by atoms with Crippen molar-refractivity contribution in [3.05, 3.63) is 49.2 Å². The van der Waals surface area contributed by atoms with Crippen molar-refractivity contribution in [3.8, 4) is 0 Å². The molecule has 0 spiro atoms. The molecule has 0 saturated heterocycles. The number of rotatable bonds is 8. The van der Waals surface area contributed by atoms with E-state index >= 15 is 0 Å². The second-order valence-electron chi connectivity index (χ2n) is 4.07. The van der Waals surface area contributed by atoms with Crippen LogP contribution in [0.3, 0.4) is 0 Å². The van der Waals surface area contributed by atoms with Gasteiger partial charge < -0.3 is 11.1 Å². The maximum Gasteiger partial charge on any atom is 0.0340 e. The first-order chi connectivity index (χ1) is 7.65.